The van der Waals surface area contributed by atoms with Crippen molar-refractivity contribution >= 4 is 5.97 Å². The van der Waals surface area contributed by atoms with Crippen LogP contribution in [0, 0.1) is 0 Å². The van der Waals surface area contributed by atoms with Gasteiger partial charge < -0.3 is 14.8 Å². The van der Waals surface area contributed by atoms with E-state index in [0.29, 0.717) is 12.1 Å². The second-order valence-electron chi connectivity index (χ2n) is 4.03. The Hall–Kier alpha value is -2.08. The van der Waals surface area contributed by atoms with Crippen molar-refractivity contribution in [3.8, 4) is 0 Å². The van der Waals surface area contributed by atoms with Crippen molar-refractivity contribution in [1.82, 2.24) is 15.1 Å². The number of nitrogens with one attached hydrogen (secondary N) is 1. The van der Waals surface area contributed by atoms with Crippen LogP contribution in [0.2, 0.25) is 0 Å². The number of carboxylic acids is 1. The van der Waals surface area contributed by atoms with Gasteiger partial charge >= 0.3 is 5.97 Å². The molecule has 6 heteroatoms. The molecule has 2 heterocycles. The number of carbonyl (C=O) groups is 1. The van der Waals surface area contributed by atoms with E-state index < -0.39 is 5.97 Å². The van der Waals surface area contributed by atoms with Gasteiger partial charge in [0.2, 0.25) is 5.76 Å². The van der Waals surface area contributed by atoms with Crippen molar-refractivity contribution in [1.29, 1.82) is 0 Å². The highest BCUT2D eigenvalue weighted by Crippen LogP contribution is 2.09. The molecule has 2 N–H and O–H groups in total. The lowest BCUT2D eigenvalue weighted by Gasteiger charge is -2.02. The molecule has 2 aromatic rings. The molecule has 0 saturated heterocycles. The van der Waals surface area contributed by atoms with Crippen LogP contribution in [0.15, 0.2) is 29.1 Å². The predicted molar refractivity (Wildman–Crippen MR) is 64.3 cm³/mol. The fourth-order valence-corrected chi connectivity index (χ4v) is 1.72. The molecule has 6 nitrogen and oxygen atoms in total. The number of hydrogen-bond acceptors (Lipinski definition) is 4. The smallest absolute Gasteiger partial charge is 0.372 e. The average molecular weight is 249 g/mol. The van der Waals surface area contributed by atoms with Gasteiger partial charge in [0.25, 0.3) is 0 Å². The Morgan fingerprint density at radius 2 is 2.44 bits per heavy atom. The van der Waals surface area contributed by atoms with Gasteiger partial charge in [-0.25, -0.2) is 4.79 Å². The zero-order valence-corrected chi connectivity index (χ0v) is 10.1. The summed E-state index contributed by atoms with van der Waals surface area (Å²) < 4.78 is 6.65. The fourth-order valence-electron chi connectivity index (χ4n) is 1.72. The largest absolute Gasteiger partial charge is 0.475 e. The van der Waals surface area contributed by atoms with Crippen LogP contribution < -0.4 is 5.32 Å². The monoisotopic (exact) mass is 249 g/mol. The highest BCUT2D eigenvalue weighted by molar-refractivity contribution is 5.86. The SMILES string of the molecule is Cn1cc(CCNCc2ccoc2C(=O)O)cn1. The van der Waals surface area contributed by atoms with Gasteiger partial charge in [0.15, 0.2) is 0 Å². The Morgan fingerprint density at radius 1 is 1.61 bits per heavy atom. The van der Waals surface area contributed by atoms with E-state index in [1.165, 1.54) is 6.26 Å². The maximum Gasteiger partial charge on any atom is 0.372 e. The minimum Gasteiger partial charge on any atom is -0.475 e. The summed E-state index contributed by atoms with van der Waals surface area (Å²) >= 11 is 0. The lowest BCUT2D eigenvalue weighted by atomic mass is 10.2. The molecule has 0 aliphatic heterocycles. The Balaban J connectivity index is 1.78. The van der Waals surface area contributed by atoms with Gasteiger partial charge in [-0.05, 0) is 24.6 Å². The number of aromatic nitrogens is 2. The van der Waals surface area contributed by atoms with Crippen LogP contribution in [0.4, 0.5) is 0 Å². The third-order valence-corrected chi connectivity index (χ3v) is 2.61. The van der Waals surface area contributed by atoms with Crippen LogP contribution >= 0.6 is 0 Å². The quantitative estimate of drug-likeness (QED) is 0.748. The number of rotatable bonds is 6. The van der Waals surface area contributed by atoms with E-state index in [1.54, 1.807) is 10.7 Å². The van der Waals surface area contributed by atoms with Crippen LogP contribution in [0.3, 0.4) is 0 Å². The summed E-state index contributed by atoms with van der Waals surface area (Å²) in [5, 5.41) is 16.1. The molecule has 0 bridgehead atoms. The summed E-state index contributed by atoms with van der Waals surface area (Å²) in [6.07, 6.45) is 6.03. The Morgan fingerprint density at radius 3 is 3.11 bits per heavy atom. The maximum atomic E-state index is 10.8. The molecule has 0 aliphatic carbocycles. The first-order valence-corrected chi connectivity index (χ1v) is 5.64. The number of aryl methyl sites for hydroxylation is 1. The van der Waals surface area contributed by atoms with Gasteiger partial charge in [-0.3, -0.25) is 4.68 Å². The van der Waals surface area contributed by atoms with Gasteiger partial charge in [-0.1, -0.05) is 0 Å². The maximum absolute atomic E-state index is 10.8. The molecule has 18 heavy (non-hydrogen) atoms. The standard InChI is InChI=1S/C12H15N3O3/c1-15-8-9(6-14-15)2-4-13-7-10-3-5-18-11(10)12(16)17/h3,5-6,8,13H,2,4,7H2,1H3,(H,16,17). The molecule has 0 amide bonds. The lowest BCUT2D eigenvalue weighted by Crippen LogP contribution is -2.17. The van der Waals surface area contributed by atoms with E-state index in [0.717, 1.165) is 18.5 Å². The van der Waals surface area contributed by atoms with Gasteiger partial charge in [0.05, 0.1) is 12.5 Å². The summed E-state index contributed by atoms with van der Waals surface area (Å²) in [6, 6.07) is 1.67. The van der Waals surface area contributed by atoms with Crippen LogP contribution in [0.25, 0.3) is 0 Å². The summed E-state index contributed by atoms with van der Waals surface area (Å²) in [7, 11) is 1.88. The van der Waals surface area contributed by atoms with Crippen LogP contribution in [0.5, 0.6) is 0 Å². The second kappa shape index (κ2) is 5.50. The minimum atomic E-state index is -1.04. The molecule has 0 aliphatic rings. The van der Waals surface area contributed by atoms with Gasteiger partial charge in [-0.15, -0.1) is 0 Å². The highest BCUT2D eigenvalue weighted by Gasteiger charge is 2.12. The first-order chi connectivity index (χ1) is 8.66. The number of hydrogen-bond donors (Lipinski definition) is 2. The normalized spacial score (nSPS) is 10.7. The number of nitrogens with zero attached hydrogens (tertiary/aromatic N) is 2. The van der Waals surface area contributed by atoms with Gasteiger partial charge in [-0.2, -0.15) is 5.10 Å². The van der Waals surface area contributed by atoms with E-state index in [-0.39, 0.29) is 5.76 Å². The number of carboxylic acid groups (broad SMARTS) is 1. The minimum absolute atomic E-state index is 0.00359. The fraction of sp³-hybridized carbons (Fsp3) is 0.333. The molecule has 0 spiro atoms. The highest BCUT2D eigenvalue weighted by atomic mass is 16.4. The van der Waals surface area contributed by atoms with E-state index >= 15 is 0 Å². The molecule has 0 saturated carbocycles. The Labute approximate surface area is 104 Å². The molecule has 2 aromatic heterocycles. The van der Waals surface area contributed by atoms with Crippen molar-refractivity contribution in [2.75, 3.05) is 6.54 Å². The molecule has 0 fully saturated rings. The summed E-state index contributed by atoms with van der Waals surface area (Å²) in [5.74, 6) is -1.03. The second-order valence-corrected chi connectivity index (χ2v) is 4.03. The molecule has 0 radical (unpaired) electrons. The first-order valence-electron chi connectivity index (χ1n) is 5.64. The van der Waals surface area contributed by atoms with Crippen LogP contribution in [0.1, 0.15) is 21.7 Å². The number of aromatic carboxylic acids is 1. The van der Waals surface area contributed by atoms with E-state index in [1.807, 2.05) is 19.4 Å². The van der Waals surface area contributed by atoms with E-state index in [2.05, 4.69) is 10.4 Å². The lowest BCUT2D eigenvalue weighted by molar-refractivity contribution is 0.0660. The van der Waals surface area contributed by atoms with Crippen molar-refractivity contribution in [2.24, 2.45) is 7.05 Å². The summed E-state index contributed by atoms with van der Waals surface area (Å²) in [5.41, 5.74) is 1.81. The van der Waals surface area contributed by atoms with E-state index in [4.69, 9.17) is 9.52 Å². The topological polar surface area (TPSA) is 80.3 Å². The number of furan rings is 1. The molecular formula is C12H15N3O3. The summed E-state index contributed by atoms with van der Waals surface area (Å²) in [6.45, 7) is 1.24. The van der Waals surface area contributed by atoms with Crippen molar-refractivity contribution < 1.29 is 14.3 Å². The molecule has 0 atom stereocenters. The Kier molecular flexibility index (Phi) is 3.78. The average Bonchev–Trinajstić information content (AvgIpc) is 2.93. The van der Waals surface area contributed by atoms with Crippen molar-refractivity contribution in [3.63, 3.8) is 0 Å². The van der Waals surface area contributed by atoms with Crippen molar-refractivity contribution in [3.05, 3.63) is 41.6 Å². The third kappa shape index (κ3) is 2.98. The molecule has 96 valence electrons. The van der Waals surface area contributed by atoms with Crippen LogP contribution in [-0.4, -0.2) is 27.4 Å². The van der Waals surface area contributed by atoms with Gasteiger partial charge in [0, 0.05) is 25.4 Å². The van der Waals surface area contributed by atoms with Crippen molar-refractivity contribution in [2.45, 2.75) is 13.0 Å². The molecule has 0 unspecified atom stereocenters. The summed E-state index contributed by atoms with van der Waals surface area (Å²) in [4.78, 5) is 10.8. The molecule has 0 aromatic carbocycles. The van der Waals surface area contributed by atoms with Gasteiger partial charge in [0.1, 0.15) is 0 Å². The zero-order valence-electron chi connectivity index (χ0n) is 10.1. The Bertz CT molecular complexity index is 530. The van der Waals surface area contributed by atoms with E-state index in [9.17, 15) is 4.79 Å². The zero-order chi connectivity index (χ0) is 13.0. The van der Waals surface area contributed by atoms with Crippen LogP contribution in [-0.2, 0) is 20.0 Å². The molecular weight excluding hydrogens is 234 g/mol. The molecule has 2 rings (SSSR count). The predicted octanol–water partition coefficient (Wildman–Crippen LogP) is 1.04. The third-order valence-electron chi connectivity index (χ3n) is 2.61. The first kappa shape index (κ1) is 12.4.